The molecular formula is H16O15. The molecule has 0 aromatic carbocycles. The van der Waals surface area contributed by atoms with E-state index >= 15 is 0 Å². The molecule has 0 aliphatic heterocycles. The van der Waals surface area contributed by atoms with Gasteiger partial charge in [-0.05, 0) is 10.1 Å². The second-order valence-electron chi connectivity index (χ2n) is 0.312. The molecule has 0 heterocycles. The lowest BCUT2D eigenvalue weighted by Gasteiger charge is -1.71. The molecule has 0 aliphatic rings. The Hall–Kier alpha value is -0.600. The molecule has 0 aromatic heterocycles. The van der Waals surface area contributed by atoms with Crippen LogP contribution in [0.4, 0.5) is 0 Å². The summed E-state index contributed by atoms with van der Waals surface area (Å²) in [7, 11) is 0. The molecular weight excluding hydrogens is 240 g/mol. The fourth-order valence-electron chi connectivity index (χ4n) is 0. The summed E-state index contributed by atoms with van der Waals surface area (Å²) in [6.07, 6.45) is 0. The quantitative estimate of drug-likeness (QED) is 0.193. The van der Waals surface area contributed by atoms with Crippen molar-refractivity contribution < 1.29 is 79.1 Å². The van der Waals surface area contributed by atoms with Crippen LogP contribution >= 0.6 is 0 Å². The van der Waals surface area contributed by atoms with E-state index in [9.17, 15) is 0 Å². The molecule has 0 fully saturated rings. The van der Waals surface area contributed by atoms with Crippen LogP contribution in [0.5, 0.6) is 0 Å². The van der Waals surface area contributed by atoms with Gasteiger partial charge in [0.15, 0.2) is 0 Å². The van der Waals surface area contributed by atoms with Crippen LogP contribution < -0.4 is 0 Å². The maximum atomic E-state index is 6.90. The van der Waals surface area contributed by atoms with Gasteiger partial charge in [0.25, 0.3) is 0 Å². The largest absolute Gasteiger partial charge is 0.412 e. The molecule has 106 valence electrons. The Balaban J connectivity index is -0.00000000707. The zero-order valence-electron chi connectivity index (χ0n) is 6.82. The van der Waals surface area contributed by atoms with Crippen molar-refractivity contribution >= 4 is 0 Å². The SMILES string of the molecule is O.O.O.O.O.OOO.OOO.OOOO. The second kappa shape index (κ2) is 178. The first-order valence-electron chi connectivity index (χ1n) is 1.26. The van der Waals surface area contributed by atoms with E-state index in [2.05, 4.69) is 20.2 Å². The van der Waals surface area contributed by atoms with Crippen molar-refractivity contribution in [2.75, 3.05) is 0 Å². The summed E-state index contributed by atoms with van der Waals surface area (Å²) >= 11 is 0. The molecule has 0 aliphatic carbocycles. The molecule has 0 spiro atoms. The zero-order chi connectivity index (χ0) is 8.83. The monoisotopic (exact) mass is 256 g/mol. The minimum atomic E-state index is 0. The van der Waals surface area contributed by atoms with Gasteiger partial charge in [-0.15, -0.1) is 0 Å². The average Bonchev–Trinajstić information content (AvgIpc) is 1.91. The first kappa shape index (κ1) is 63.1. The van der Waals surface area contributed by atoms with Crippen molar-refractivity contribution in [3.05, 3.63) is 0 Å². The van der Waals surface area contributed by atoms with Crippen molar-refractivity contribution in [1.82, 2.24) is 0 Å². The van der Waals surface area contributed by atoms with Crippen molar-refractivity contribution in [2.24, 2.45) is 0 Å². The lowest BCUT2D eigenvalue weighted by atomic mass is 14.4. The summed E-state index contributed by atoms with van der Waals surface area (Å²) in [5.41, 5.74) is 0. The Morgan fingerprint density at radius 1 is 0.400 bits per heavy atom. The maximum Gasteiger partial charge on any atom is -0.0395 e. The van der Waals surface area contributed by atoms with Crippen LogP contribution in [0.25, 0.3) is 0 Å². The van der Waals surface area contributed by atoms with Gasteiger partial charge in [-0.2, -0.15) is 0 Å². The van der Waals surface area contributed by atoms with Gasteiger partial charge in [-0.1, -0.05) is 10.1 Å². The molecule has 0 atom stereocenters. The maximum absolute atomic E-state index is 6.90. The molecule has 15 heavy (non-hydrogen) atoms. The zero-order valence-corrected chi connectivity index (χ0v) is 6.82. The predicted octanol–water partition coefficient (Wildman–Crippen LogP) is -4.34. The van der Waals surface area contributed by atoms with Gasteiger partial charge < -0.3 is 27.4 Å². The normalized spacial score (nSPS) is 4.40. The first-order chi connectivity index (χ1) is 4.74. The van der Waals surface area contributed by atoms with Gasteiger partial charge in [0.05, 0.1) is 0 Å². The highest BCUT2D eigenvalue weighted by Crippen LogP contribution is 1.49. The lowest BCUT2D eigenvalue weighted by Crippen LogP contribution is -1.75. The molecule has 0 unspecified atom stereocenters. The summed E-state index contributed by atoms with van der Waals surface area (Å²) in [6.45, 7) is 0. The van der Waals surface area contributed by atoms with E-state index in [-0.39, 0.29) is 27.4 Å². The molecule has 0 saturated heterocycles. The molecule has 0 radical (unpaired) electrons. The lowest BCUT2D eigenvalue weighted by molar-refractivity contribution is -0.611. The summed E-state index contributed by atoms with van der Waals surface area (Å²) in [5.74, 6) is 0. The summed E-state index contributed by atoms with van der Waals surface area (Å²) in [5, 5.41) is 50.0. The van der Waals surface area contributed by atoms with Gasteiger partial charge in [0.1, 0.15) is 0 Å². The first-order valence-corrected chi connectivity index (χ1v) is 1.26. The van der Waals surface area contributed by atoms with Crippen LogP contribution in [-0.2, 0) is 20.2 Å². The van der Waals surface area contributed by atoms with E-state index in [4.69, 9.17) is 31.5 Å². The van der Waals surface area contributed by atoms with Gasteiger partial charge in [0.2, 0.25) is 0 Å². The van der Waals surface area contributed by atoms with Crippen LogP contribution in [-0.4, -0.2) is 58.9 Å². The van der Waals surface area contributed by atoms with Crippen LogP contribution in [0.3, 0.4) is 0 Å². The summed E-state index contributed by atoms with van der Waals surface area (Å²) in [6, 6.07) is 0. The predicted molar refractivity (Wildman–Crippen MR) is 38.2 cm³/mol. The molecule has 15 heteroatoms. The highest BCUT2D eigenvalue weighted by molar-refractivity contribution is 2.64. The number of hydrogen-bond acceptors (Lipinski definition) is 10. The Kier molecular flexibility index (Phi) is 750. The Labute approximate surface area is 80.5 Å². The third kappa shape index (κ3) is 10900. The topological polar surface area (TPSA) is 316 Å². The van der Waals surface area contributed by atoms with Crippen LogP contribution in [0.2, 0.25) is 0 Å². The van der Waals surface area contributed by atoms with Crippen molar-refractivity contribution in [2.45, 2.75) is 0 Å². The van der Waals surface area contributed by atoms with Crippen molar-refractivity contribution in [1.29, 1.82) is 0 Å². The number of rotatable bonds is 1. The average molecular weight is 256 g/mol. The Bertz CT molecular complexity index is 12.0. The van der Waals surface area contributed by atoms with Crippen molar-refractivity contribution in [3.63, 3.8) is 0 Å². The van der Waals surface area contributed by atoms with Gasteiger partial charge in [-0.3, -0.25) is 0 Å². The standard InChI is InChI=1S/H2O4.2H2O3.5H2O/c1-3-4-2;2*1-3-2;;;;;/h1-2H;2*1-2H;5*1H2. The van der Waals surface area contributed by atoms with E-state index in [0.717, 1.165) is 0 Å². The summed E-state index contributed by atoms with van der Waals surface area (Å²) in [4.78, 5) is 0. The molecule has 0 rings (SSSR count). The minimum absolute atomic E-state index is 0. The third-order valence-electron chi connectivity index (χ3n) is 0.0333. The van der Waals surface area contributed by atoms with E-state index < -0.39 is 0 Å². The highest BCUT2D eigenvalue weighted by Gasteiger charge is 1.53. The smallest absolute Gasteiger partial charge is 0.0395 e. The molecule has 16 N–H and O–H groups in total. The van der Waals surface area contributed by atoms with Gasteiger partial charge in [0, 0.05) is 0 Å². The van der Waals surface area contributed by atoms with E-state index in [1.165, 1.54) is 0 Å². The molecule has 15 nitrogen and oxygen atoms in total. The van der Waals surface area contributed by atoms with E-state index in [0.29, 0.717) is 0 Å². The third-order valence-corrected chi connectivity index (χ3v) is 0.0333. The van der Waals surface area contributed by atoms with E-state index in [1.54, 1.807) is 0 Å². The fraction of sp³-hybridized carbons (Fsp3) is 0. The molecule has 0 saturated carbocycles. The van der Waals surface area contributed by atoms with Gasteiger partial charge >= 0.3 is 0 Å². The highest BCUT2D eigenvalue weighted by atomic mass is 17.6. The molecule has 0 amide bonds. The van der Waals surface area contributed by atoms with Crippen LogP contribution in [0.15, 0.2) is 0 Å². The van der Waals surface area contributed by atoms with Crippen LogP contribution in [0.1, 0.15) is 0 Å². The Morgan fingerprint density at radius 3 is 0.467 bits per heavy atom. The van der Waals surface area contributed by atoms with Crippen LogP contribution in [0, 0.1) is 0 Å². The van der Waals surface area contributed by atoms with E-state index in [1.807, 2.05) is 0 Å². The fourth-order valence-corrected chi connectivity index (χ4v) is 0. The van der Waals surface area contributed by atoms with Crippen molar-refractivity contribution in [3.8, 4) is 0 Å². The Morgan fingerprint density at radius 2 is 0.467 bits per heavy atom. The second-order valence-corrected chi connectivity index (χ2v) is 0.312. The summed E-state index contributed by atoms with van der Waals surface area (Å²) < 4.78 is 0. The molecule has 0 bridgehead atoms. The molecule has 0 aromatic rings. The minimum Gasteiger partial charge on any atom is -0.412 e. The van der Waals surface area contributed by atoms with Gasteiger partial charge in [-0.25, -0.2) is 31.5 Å². The number of hydrogen-bond donors (Lipinski definition) is 6.